The first-order chi connectivity index (χ1) is 9.31. The number of likely N-dealkylation sites (tertiary alicyclic amines) is 1. The highest BCUT2D eigenvalue weighted by molar-refractivity contribution is 9.10. The Balaban J connectivity index is 1.43. The van der Waals surface area contributed by atoms with Crippen molar-refractivity contribution in [3.05, 3.63) is 28.7 Å². The second-order valence-electron chi connectivity index (χ2n) is 5.57. The minimum atomic E-state index is 0.779. The monoisotopic (exact) mass is 324 g/mol. The van der Waals surface area contributed by atoms with Crippen LogP contribution in [0.1, 0.15) is 6.42 Å². The molecule has 2 heterocycles. The summed E-state index contributed by atoms with van der Waals surface area (Å²) in [5, 5.41) is 3.51. The average molecular weight is 325 g/mol. The standard InChI is InChI=1S/C15H21BrN2O/c16-14-2-1-3-15(8-14)19-7-6-18-5-4-12-9-17-10-13(12)11-18/h1-3,8,12-13,17H,4-7,9-11H2. The maximum absolute atomic E-state index is 5.81. The molecule has 0 amide bonds. The van der Waals surface area contributed by atoms with Crippen LogP contribution < -0.4 is 10.1 Å². The molecule has 4 heteroatoms. The summed E-state index contributed by atoms with van der Waals surface area (Å²) in [5.41, 5.74) is 0. The molecule has 1 N–H and O–H groups in total. The van der Waals surface area contributed by atoms with Crippen molar-refractivity contribution in [3.63, 3.8) is 0 Å². The summed E-state index contributed by atoms with van der Waals surface area (Å²) in [6.45, 7) is 6.71. The third kappa shape index (κ3) is 3.50. The zero-order valence-corrected chi connectivity index (χ0v) is 12.7. The highest BCUT2D eigenvalue weighted by Gasteiger charge is 2.32. The number of halogens is 1. The van der Waals surface area contributed by atoms with Gasteiger partial charge in [0.1, 0.15) is 12.4 Å². The highest BCUT2D eigenvalue weighted by atomic mass is 79.9. The van der Waals surface area contributed by atoms with Crippen molar-refractivity contribution in [2.45, 2.75) is 6.42 Å². The first-order valence-electron chi connectivity index (χ1n) is 7.13. The molecule has 0 aliphatic carbocycles. The van der Waals surface area contributed by atoms with Crippen molar-refractivity contribution in [1.29, 1.82) is 0 Å². The fourth-order valence-electron chi connectivity index (χ4n) is 3.16. The van der Waals surface area contributed by atoms with E-state index in [1.165, 1.54) is 32.6 Å². The van der Waals surface area contributed by atoms with E-state index in [0.717, 1.165) is 35.2 Å². The van der Waals surface area contributed by atoms with Crippen LogP contribution in [0.15, 0.2) is 28.7 Å². The number of rotatable bonds is 4. The van der Waals surface area contributed by atoms with Crippen molar-refractivity contribution < 1.29 is 4.74 Å². The minimum absolute atomic E-state index is 0.779. The van der Waals surface area contributed by atoms with Crippen LogP contribution in [0.2, 0.25) is 0 Å². The van der Waals surface area contributed by atoms with Crippen LogP contribution in [0.3, 0.4) is 0 Å². The van der Waals surface area contributed by atoms with Crippen molar-refractivity contribution in [2.24, 2.45) is 11.8 Å². The fourth-order valence-corrected chi connectivity index (χ4v) is 3.54. The largest absolute Gasteiger partial charge is 0.492 e. The molecule has 0 spiro atoms. The van der Waals surface area contributed by atoms with Gasteiger partial charge in [0.05, 0.1) is 0 Å². The maximum Gasteiger partial charge on any atom is 0.120 e. The van der Waals surface area contributed by atoms with Gasteiger partial charge in [0.15, 0.2) is 0 Å². The van der Waals surface area contributed by atoms with Crippen LogP contribution in [0, 0.1) is 11.8 Å². The molecule has 19 heavy (non-hydrogen) atoms. The number of ether oxygens (including phenoxy) is 1. The topological polar surface area (TPSA) is 24.5 Å². The number of fused-ring (bicyclic) bond motifs is 1. The van der Waals surface area contributed by atoms with Crippen LogP contribution >= 0.6 is 15.9 Å². The van der Waals surface area contributed by atoms with Gasteiger partial charge in [-0.1, -0.05) is 22.0 Å². The molecular formula is C15H21BrN2O. The second-order valence-corrected chi connectivity index (χ2v) is 6.49. The molecule has 0 radical (unpaired) electrons. The maximum atomic E-state index is 5.81. The van der Waals surface area contributed by atoms with E-state index in [0.29, 0.717) is 0 Å². The van der Waals surface area contributed by atoms with E-state index >= 15 is 0 Å². The number of piperidine rings is 1. The van der Waals surface area contributed by atoms with E-state index in [1.807, 2.05) is 24.3 Å². The van der Waals surface area contributed by atoms with Gasteiger partial charge in [-0.2, -0.15) is 0 Å². The molecule has 1 aromatic rings. The minimum Gasteiger partial charge on any atom is -0.492 e. The quantitative estimate of drug-likeness (QED) is 0.920. The van der Waals surface area contributed by atoms with Gasteiger partial charge >= 0.3 is 0 Å². The van der Waals surface area contributed by atoms with Crippen LogP contribution in [0.5, 0.6) is 5.75 Å². The van der Waals surface area contributed by atoms with Gasteiger partial charge in [0.2, 0.25) is 0 Å². The smallest absolute Gasteiger partial charge is 0.120 e. The Kier molecular flexibility index (Phi) is 4.41. The Hall–Kier alpha value is -0.580. The van der Waals surface area contributed by atoms with E-state index < -0.39 is 0 Å². The normalized spacial score (nSPS) is 27.2. The van der Waals surface area contributed by atoms with Crippen molar-refractivity contribution >= 4 is 15.9 Å². The number of benzene rings is 1. The van der Waals surface area contributed by atoms with Gasteiger partial charge in [-0.3, -0.25) is 4.90 Å². The molecule has 0 aromatic heterocycles. The molecule has 104 valence electrons. The van der Waals surface area contributed by atoms with Gasteiger partial charge in [0.25, 0.3) is 0 Å². The summed E-state index contributed by atoms with van der Waals surface area (Å²) >= 11 is 3.46. The van der Waals surface area contributed by atoms with Crippen molar-refractivity contribution in [2.75, 3.05) is 39.3 Å². The Bertz CT molecular complexity index is 426. The van der Waals surface area contributed by atoms with Gasteiger partial charge in [-0.25, -0.2) is 0 Å². The average Bonchev–Trinajstić information content (AvgIpc) is 2.86. The third-order valence-electron chi connectivity index (χ3n) is 4.26. The van der Waals surface area contributed by atoms with E-state index in [9.17, 15) is 0 Å². The zero-order chi connectivity index (χ0) is 13.1. The summed E-state index contributed by atoms with van der Waals surface area (Å²) in [6, 6.07) is 8.06. The van der Waals surface area contributed by atoms with E-state index in [2.05, 4.69) is 26.1 Å². The Morgan fingerprint density at radius 3 is 3.11 bits per heavy atom. The lowest BCUT2D eigenvalue weighted by atomic mass is 9.89. The molecule has 2 unspecified atom stereocenters. The Morgan fingerprint density at radius 1 is 1.32 bits per heavy atom. The van der Waals surface area contributed by atoms with Crippen LogP contribution in [-0.2, 0) is 0 Å². The number of hydrogen-bond donors (Lipinski definition) is 1. The highest BCUT2D eigenvalue weighted by Crippen LogP contribution is 2.26. The molecule has 2 aliphatic rings. The first kappa shape index (κ1) is 13.4. The van der Waals surface area contributed by atoms with Gasteiger partial charge in [0, 0.05) is 17.6 Å². The molecule has 2 saturated heterocycles. The molecule has 0 bridgehead atoms. The van der Waals surface area contributed by atoms with Gasteiger partial charge in [-0.05, 0) is 56.1 Å². The van der Waals surface area contributed by atoms with Gasteiger partial charge in [-0.15, -0.1) is 0 Å². The molecule has 0 saturated carbocycles. The van der Waals surface area contributed by atoms with E-state index in [1.54, 1.807) is 0 Å². The second kappa shape index (κ2) is 6.25. The van der Waals surface area contributed by atoms with Gasteiger partial charge < -0.3 is 10.1 Å². The number of nitrogens with one attached hydrogen (secondary N) is 1. The lowest BCUT2D eigenvalue weighted by molar-refractivity contribution is 0.127. The molecule has 2 atom stereocenters. The Labute approximate surface area is 123 Å². The van der Waals surface area contributed by atoms with Crippen molar-refractivity contribution in [1.82, 2.24) is 10.2 Å². The predicted octanol–water partition coefficient (Wildman–Crippen LogP) is 2.37. The Morgan fingerprint density at radius 2 is 2.21 bits per heavy atom. The van der Waals surface area contributed by atoms with E-state index in [4.69, 9.17) is 4.74 Å². The van der Waals surface area contributed by atoms with Crippen molar-refractivity contribution in [3.8, 4) is 5.75 Å². The molecular weight excluding hydrogens is 304 g/mol. The molecule has 3 nitrogen and oxygen atoms in total. The molecule has 2 fully saturated rings. The number of nitrogens with zero attached hydrogens (tertiary/aromatic N) is 1. The van der Waals surface area contributed by atoms with Crippen LogP contribution in [-0.4, -0.2) is 44.2 Å². The molecule has 3 rings (SSSR count). The molecule has 1 aromatic carbocycles. The SMILES string of the molecule is Brc1cccc(OCCN2CCC3CNCC3C2)c1. The lowest BCUT2D eigenvalue weighted by Crippen LogP contribution is -2.41. The first-order valence-corrected chi connectivity index (χ1v) is 7.92. The number of hydrogen-bond acceptors (Lipinski definition) is 3. The predicted molar refractivity (Wildman–Crippen MR) is 80.5 cm³/mol. The van der Waals surface area contributed by atoms with Crippen LogP contribution in [0.4, 0.5) is 0 Å². The third-order valence-corrected chi connectivity index (χ3v) is 4.75. The summed E-state index contributed by atoms with van der Waals surface area (Å²) in [5.74, 6) is 2.73. The summed E-state index contributed by atoms with van der Waals surface area (Å²) in [4.78, 5) is 2.55. The lowest BCUT2D eigenvalue weighted by Gasteiger charge is -2.34. The van der Waals surface area contributed by atoms with E-state index in [-0.39, 0.29) is 0 Å². The molecule has 2 aliphatic heterocycles. The zero-order valence-electron chi connectivity index (χ0n) is 11.1. The summed E-state index contributed by atoms with van der Waals surface area (Å²) < 4.78 is 6.89. The summed E-state index contributed by atoms with van der Waals surface area (Å²) in [6.07, 6.45) is 1.34. The fraction of sp³-hybridized carbons (Fsp3) is 0.600. The van der Waals surface area contributed by atoms with Crippen LogP contribution in [0.25, 0.3) is 0 Å². The summed E-state index contributed by atoms with van der Waals surface area (Å²) in [7, 11) is 0.